The number of hydrogen-bond acceptors (Lipinski definition) is 0. The van der Waals surface area contributed by atoms with Crippen LogP contribution in [0.3, 0.4) is 0 Å². The monoisotopic (exact) mass is 636 g/mol. The minimum atomic E-state index is -1.85. The van der Waals surface area contributed by atoms with Crippen molar-refractivity contribution in [1.29, 1.82) is 0 Å². The van der Waals surface area contributed by atoms with Gasteiger partial charge in [0.15, 0.2) is 0 Å². The topological polar surface area (TPSA) is 0 Å². The van der Waals surface area contributed by atoms with Gasteiger partial charge >= 0.3 is 0 Å². The zero-order valence-electron chi connectivity index (χ0n) is 27.6. The standard InChI is InChI=1S/C32H56Si7/c1-33(2)24-15-25(34(3)4)18-29(17-24)38(11,12)31-21-28(37(9)10)22-32(23-31)39(13,14)30-19-26(35(5)6)16-27(20-30)36(7)8/h15-23,33-37H,1-14H3. The van der Waals surface area contributed by atoms with Gasteiger partial charge in [0.2, 0.25) is 0 Å². The molecule has 0 bridgehead atoms. The molecule has 0 aliphatic heterocycles. The number of benzene rings is 3. The van der Waals surface area contributed by atoms with E-state index in [1.54, 1.807) is 46.7 Å². The van der Waals surface area contributed by atoms with Crippen molar-refractivity contribution < 1.29 is 0 Å². The zero-order valence-corrected chi connectivity index (χ0v) is 35.4. The van der Waals surface area contributed by atoms with Crippen molar-refractivity contribution in [2.75, 3.05) is 0 Å². The van der Waals surface area contributed by atoms with Gasteiger partial charge < -0.3 is 0 Å². The summed E-state index contributed by atoms with van der Waals surface area (Å²) in [5, 5.41) is 15.1. The second-order valence-corrected chi connectivity index (χ2v) is 38.3. The van der Waals surface area contributed by atoms with Crippen LogP contribution in [-0.2, 0) is 0 Å². The van der Waals surface area contributed by atoms with Crippen molar-refractivity contribution in [2.45, 2.75) is 91.7 Å². The van der Waals surface area contributed by atoms with Crippen LogP contribution in [0.2, 0.25) is 91.7 Å². The molecule has 3 aromatic rings. The van der Waals surface area contributed by atoms with Crippen LogP contribution in [-0.4, -0.2) is 60.1 Å². The average Bonchev–Trinajstić information content (AvgIpc) is 2.87. The molecule has 0 aliphatic carbocycles. The Bertz CT molecular complexity index is 1160. The van der Waals surface area contributed by atoms with Gasteiger partial charge in [0.05, 0.1) is 44.0 Å². The molecule has 7 heteroatoms. The zero-order chi connectivity index (χ0) is 29.4. The molecule has 0 saturated carbocycles. The first-order chi connectivity index (χ1) is 17.9. The van der Waals surface area contributed by atoms with E-state index in [1.165, 1.54) is 0 Å². The average molecular weight is 637 g/mol. The molecule has 0 fully saturated rings. The Labute approximate surface area is 251 Å². The highest BCUT2D eigenvalue weighted by Crippen LogP contribution is 2.09. The van der Waals surface area contributed by atoms with E-state index in [0.29, 0.717) is 0 Å². The van der Waals surface area contributed by atoms with Gasteiger partial charge in [-0.25, -0.2) is 0 Å². The predicted molar refractivity (Wildman–Crippen MR) is 205 cm³/mol. The maximum absolute atomic E-state index is 2.70. The van der Waals surface area contributed by atoms with Crippen molar-refractivity contribution in [1.82, 2.24) is 0 Å². The molecule has 0 nitrogen and oxygen atoms in total. The summed E-state index contributed by atoms with van der Waals surface area (Å²) in [6, 6.07) is 23.8. The Kier molecular flexibility index (Phi) is 10.5. The van der Waals surface area contributed by atoms with Crippen molar-refractivity contribution >= 4 is 107 Å². The second kappa shape index (κ2) is 12.6. The van der Waals surface area contributed by atoms with Crippen LogP contribution in [0.4, 0.5) is 0 Å². The van der Waals surface area contributed by atoms with Crippen molar-refractivity contribution in [3.8, 4) is 0 Å². The molecule has 3 rings (SSSR count). The fourth-order valence-electron chi connectivity index (χ4n) is 5.45. The molecule has 0 radical (unpaired) electrons. The molecule has 0 saturated heterocycles. The van der Waals surface area contributed by atoms with Crippen LogP contribution in [0.5, 0.6) is 0 Å². The first kappa shape index (κ1) is 32.7. The summed E-state index contributed by atoms with van der Waals surface area (Å²) in [5.41, 5.74) is 0. The van der Waals surface area contributed by atoms with E-state index in [4.69, 9.17) is 0 Å². The van der Waals surface area contributed by atoms with Crippen LogP contribution in [0.15, 0.2) is 54.6 Å². The highest BCUT2D eigenvalue weighted by atomic mass is 28.3. The van der Waals surface area contributed by atoms with Gasteiger partial charge in [-0.1, -0.05) is 193 Å². The molecular formula is C32H56Si7. The molecule has 0 N–H and O–H groups in total. The van der Waals surface area contributed by atoms with Gasteiger partial charge in [-0.05, 0) is 0 Å². The fraction of sp³-hybridized carbons (Fsp3) is 0.438. The summed E-state index contributed by atoms with van der Waals surface area (Å²) in [7, 11) is -8.09. The second-order valence-electron chi connectivity index (χ2n) is 14.6. The van der Waals surface area contributed by atoms with Gasteiger partial charge in [-0.2, -0.15) is 0 Å². The van der Waals surface area contributed by atoms with E-state index < -0.39 is 60.1 Å². The lowest BCUT2D eigenvalue weighted by molar-refractivity contribution is 1.69. The third-order valence-corrected chi connectivity index (χ3v) is 24.4. The van der Waals surface area contributed by atoms with Crippen molar-refractivity contribution in [2.24, 2.45) is 0 Å². The summed E-state index contributed by atoms with van der Waals surface area (Å²) in [6.07, 6.45) is 0. The third kappa shape index (κ3) is 7.34. The van der Waals surface area contributed by atoms with E-state index in [1.807, 2.05) is 0 Å². The Balaban J connectivity index is 2.26. The highest BCUT2D eigenvalue weighted by Gasteiger charge is 2.33. The summed E-state index contributed by atoms with van der Waals surface area (Å²) >= 11 is 0. The molecule has 0 atom stereocenters. The van der Waals surface area contributed by atoms with E-state index in [2.05, 4.69) is 146 Å². The lowest BCUT2D eigenvalue weighted by atomic mass is 10.3. The molecule has 0 unspecified atom stereocenters. The normalized spacial score (nSPS) is 13.0. The van der Waals surface area contributed by atoms with Gasteiger partial charge in [-0.15, -0.1) is 0 Å². The van der Waals surface area contributed by atoms with Gasteiger partial charge in [0, 0.05) is 0 Å². The lowest BCUT2D eigenvalue weighted by Gasteiger charge is -2.31. The molecule has 3 aromatic carbocycles. The molecule has 39 heavy (non-hydrogen) atoms. The molecule has 0 spiro atoms. The minimum absolute atomic E-state index is 0.859. The lowest BCUT2D eigenvalue weighted by Crippen LogP contribution is -2.61. The van der Waals surface area contributed by atoms with Crippen LogP contribution in [0, 0.1) is 0 Å². The maximum Gasteiger partial charge on any atom is 0.112 e. The molecule has 212 valence electrons. The molecule has 0 heterocycles. The largest absolute Gasteiger partial charge is 0.112 e. The summed E-state index contributed by atoms with van der Waals surface area (Å²) < 4.78 is 0. The van der Waals surface area contributed by atoms with Crippen LogP contribution >= 0.6 is 0 Å². The summed E-state index contributed by atoms with van der Waals surface area (Å²) in [6.45, 7) is 35.6. The molecule has 0 amide bonds. The first-order valence-corrected chi connectivity index (χ1v) is 35.8. The SMILES string of the molecule is C[SiH](C)c1cc([SiH](C)C)cc([Si](C)(C)c2cc([SiH](C)C)cc([Si](C)(C)c3cc([SiH](C)C)cc([SiH](C)C)c3)c2)c1. The summed E-state index contributed by atoms with van der Waals surface area (Å²) in [5.74, 6) is 0. The van der Waals surface area contributed by atoms with E-state index >= 15 is 0 Å². The van der Waals surface area contributed by atoms with Gasteiger partial charge in [0.25, 0.3) is 0 Å². The maximum atomic E-state index is 2.70. The van der Waals surface area contributed by atoms with E-state index in [-0.39, 0.29) is 0 Å². The van der Waals surface area contributed by atoms with E-state index in [9.17, 15) is 0 Å². The molecular weight excluding hydrogens is 581 g/mol. The first-order valence-electron chi connectivity index (χ1n) is 15.4. The predicted octanol–water partition coefficient (Wildman–Crippen LogP) is 1.80. The molecule has 0 aromatic heterocycles. The smallest absolute Gasteiger partial charge is 0.0682 e. The Morgan fingerprint density at radius 3 is 0.692 bits per heavy atom. The minimum Gasteiger partial charge on any atom is -0.0682 e. The Morgan fingerprint density at radius 2 is 0.487 bits per heavy atom. The van der Waals surface area contributed by atoms with Gasteiger partial charge in [0.1, 0.15) is 16.1 Å². The van der Waals surface area contributed by atoms with Crippen LogP contribution in [0.25, 0.3) is 0 Å². The highest BCUT2D eigenvalue weighted by molar-refractivity contribution is 7.03. The fourth-order valence-corrected chi connectivity index (χ4v) is 17.0. The van der Waals surface area contributed by atoms with Crippen molar-refractivity contribution in [3.63, 3.8) is 0 Å². The third-order valence-electron chi connectivity index (χ3n) is 9.13. The Hall–Kier alpha value is -0.822. The number of hydrogen-bond donors (Lipinski definition) is 0. The van der Waals surface area contributed by atoms with Crippen molar-refractivity contribution in [3.05, 3.63) is 54.6 Å². The van der Waals surface area contributed by atoms with Crippen LogP contribution in [0.1, 0.15) is 0 Å². The van der Waals surface area contributed by atoms with Gasteiger partial charge in [-0.3, -0.25) is 0 Å². The molecule has 0 aliphatic rings. The summed E-state index contributed by atoms with van der Waals surface area (Å²) in [4.78, 5) is 0. The quantitative estimate of drug-likeness (QED) is 0.315. The Morgan fingerprint density at radius 1 is 0.308 bits per heavy atom. The van der Waals surface area contributed by atoms with Crippen LogP contribution < -0.4 is 46.7 Å². The number of rotatable bonds is 9. The van der Waals surface area contributed by atoms with E-state index in [0.717, 1.165) is 0 Å².